The highest BCUT2D eigenvalue weighted by Gasteiger charge is 2.46. The minimum absolute atomic E-state index is 0.477. The molecule has 104 valence electrons. The molecule has 1 fully saturated rings. The van der Waals surface area contributed by atoms with E-state index in [9.17, 15) is 19.8 Å². The molecule has 0 aromatic rings. The van der Waals surface area contributed by atoms with Crippen LogP contribution in [0.25, 0.3) is 0 Å². The minimum Gasteiger partial charge on any atom is -0.457 e. The van der Waals surface area contributed by atoms with Crippen LogP contribution in [0.2, 0.25) is 0 Å². The van der Waals surface area contributed by atoms with Crippen molar-refractivity contribution in [1.82, 2.24) is 5.32 Å². The van der Waals surface area contributed by atoms with Crippen LogP contribution in [0.5, 0.6) is 0 Å². The predicted molar refractivity (Wildman–Crippen MR) is 57.1 cm³/mol. The van der Waals surface area contributed by atoms with E-state index in [1.165, 1.54) is 6.92 Å². The van der Waals surface area contributed by atoms with Crippen LogP contribution in [0.15, 0.2) is 0 Å². The Morgan fingerprint density at radius 1 is 1.33 bits per heavy atom. The van der Waals surface area contributed by atoms with Crippen LogP contribution < -0.4 is 5.32 Å². The number of carbonyl (C=O) groups is 2. The first-order chi connectivity index (χ1) is 8.36. The highest BCUT2D eigenvalue weighted by atomic mass is 16.6. The van der Waals surface area contributed by atoms with Crippen molar-refractivity contribution in [2.45, 2.75) is 44.5 Å². The van der Waals surface area contributed by atoms with Gasteiger partial charge in [0.05, 0.1) is 6.61 Å². The molecule has 1 amide bonds. The molecule has 4 N–H and O–H groups in total. The third-order valence-corrected chi connectivity index (χ3v) is 2.54. The molecule has 0 radical (unpaired) electrons. The molecule has 1 unspecified atom stereocenters. The van der Waals surface area contributed by atoms with E-state index in [1.54, 1.807) is 0 Å². The maximum absolute atomic E-state index is 11.0. The molecule has 0 aromatic carbocycles. The third-order valence-electron chi connectivity index (χ3n) is 2.54. The fraction of sp³-hybridized carbons (Fsp3) is 0.800. The van der Waals surface area contributed by atoms with Gasteiger partial charge in [-0.2, -0.15) is 0 Å². The highest BCUT2D eigenvalue weighted by molar-refractivity contribution is 5.73. The van der Waals surface area contributed by atoms with Crippen LogP contribution in [-0.4, -0.2) is 64.4 Å². The summed E-state index contributed by atoms with van der Waals surface area (Å²) in [5.41, 5.74) is 0. The van der Waals surface area contributed by atoms with Gasteiger partial charge >= 0.3 is 5.97 Å². The van der Waals surface area contributed by atoms with Gasteiger partial charge in [0.25, 0.3) is 0 Å². The zero-order valence-electron chi connectivity index (χ0n) is 10.1. The number of hydrogen-bond donors (Lipinski definition) is 4. The number of hydrogen-bond acceptors (Lipinski definition) is 7. The van der Waals surface area contributed by atoms with Crippen molar-refractivity contribution in [1.29, 1.82) is 0 Å². The zero-order chi connectivity index (χ0) is 13.9. The number of esters is 1. The van der Waals surface area contributed by atoms with Crippen molar-refractivity contribution < 1.29 is 34.4 Å². The largest absolute Gasteiger partial charge is 0.457 e. The van der Waals surface area contributed by atoms with Crippen molar-refractivity contribution in [3.8, 4) is 0 Å². The Labute approximate surface area is 104 Å². The molecule has 1 heterocycles. The predicted octanol–water partition coefficient (Wildman–Crippen LogP) is -2.51. The van der Waals surface area contributed by atoms with Crippen LogP contribution >= 0.6 is 0 Å². The maximum Gasteiger partial charge on any atom is 0.303 e. The summed E-state index contributed by atoms with van der Waals surface area (Å²) in [5.74, 6) is -1.16. The lowest BCUT2D eigenvalue weighted by Gasteiger charge is -2.41. The minimum atomic E-state index is -1.49. The number of rotatable bonds is 3. The van der Waals surface area contributed by atoms with E-state index >= 15 is 0 Å². The molecule has 0 aromatic heterocycles. The average Bonchev–Trinajstić information content (AvgIpc) is 2.27. The Bertz CT molecular complexity index is 321. The summed E-state index contributed by atoms with van der Waals surface area (Å²) in [6.07, 6.45) is -5.11. The second-order valence-corrected chi connectivity index (χ2v) is 4.04. The number of carbonyl (C=O) groups excluding carboxylic acids is 2. The molecule has 1 aliphatic rings. The molecule has 0 spiro atoms. The smallest absolute Gasteiger partial charge is 0.303 e. The Morgan fingerprint density at radius 2 is 1.94 bits per heavy atom. The fourth-order valence-corrected chi connectivity index (χ4v) is 1.80. The summed E-state index contributed by atoms with van der Waals surface area (Å²) in [6.45, 7) is 1.79. The van der Waals surface area contributed by atoms with E-state index in [0.29, 0.717) is 0 Å². The Kier molecular flexibility index (Phi) is 5.03. The monoisotopic (exact) mass is 263 g/mol. The van der Waals surface area contributed by atoms with Crippen LogP contribution in [0.3, 0.4) is 0 Å². The number of aliphatic hydroxyl groups excluding tert-OH is 3. The molecule has 1 saturated heterocycles. The first kappa shape index (κ1) is 14.8. The SMILES string of the molecule is CC(=O)N[C@@H]1C(O)O[C@@H](CO)[C@H](O)[C@H]1OC(C)=O. The summed E-state index contributed by atoms with van der Waals surface area (Å²) in [7, 11) is 0. The molecular formula is C10H17NO7. The molecule has 8 heteroatoms. The van der Waals surface area contributed by atoms with Gasteiger partial charge in [0.1, 0.15) is 18.2 Å². The first-order valence-electron chi connectivity index (χ1n) is 5.43. The van der Waals surface area contributed by atoms with Crippen LogP contribution in [0, 0.1) is 0 Å². The number of amides is 1. The van der Waals surface area contributed by atoms with E-state index < -0.39 is 49.1 Å². The number of ether oxygens (including phenoxy) is 2. The molecule has 8 nitrogen and oxygen atoms in total. The van der Waals surface area contributed by atoms with Crippen LogP contribution in [-0.2, 0) is 19.1 Å². The second kappa shape index (κ2) is 6.10. The van der Waals surface area contributed by atoms with E-state index in [0.717, 1.165) is 6.92 Å². The van der Waals surface area contributed by atoms with Crippen molar-refractivity contribution in [2.24, 2.45) is 0 Å². The van der Waals surface area contributed by atoms with Gasteiger partial charge in [0.15, 0.2) is 12.4 Å². The molecular weight excluding hydrogens is 246 g/mol. The normalized spacial score (nSPS) is 35.9. The highest BCUT2D eigenvalue weighted by Crippen LogP contribution is 2.22. The Morgan fingerprint density at radius 3 is 2.39 bits per heavy atom. The molecule has 1 aliphatic heterocycles. The molecule has 1 rings (SSSR count). The van der Waals surface area contributed by atoms with Crippen molar-refractivity contribution in [2.75, 3.05) is 6.61 Å². The lowest BCUT2D eigenvalue weighted by molar-refractivity contribution is -0.258. The molecule has 0 bridgehead atoms. The number of aliphatic hydroxyl groups is 3. The number of nitrogens with one attached hydrogen (secondary N) is 1. The van der Waals surface area contributed by atoms with Gasteiger partial charge in [-0.25, -0.2) is 0 Å². The lowest BCUT2D eigenvalue weighted by Crippen LogP contribution is -2.65. The van der Waals surface area contributed by atoms with Gasteiger partial charge < -0.3 is 30.1 Å². The van der Waals surface area contributed by atoms with Gasteiger partial charge in [-0.05, 0) is 0 Å². The van der Waals surface area contributed by atoms with Crippen molar-refractivity contribution in [3.05, 3.63) is 0 Å². The maximum atomic E-state index is 11.0. The van der Waals surface area contributed by atoms with Gasteiger partial charge in [-0.1, -0.05) is 0 Å². The van der Waals surface area contributed by atoms with Crippen molar-refractivity contribution in [3.63, 3.8) is 0 Å². The molecule has 0 saturated carbocycles. The van der Waals surface area contributed by atoms with E-state index in [2.05, 4.69) is 5.32 Å². The van der Waals surface area contributed by atoms with Gasteiger partial charge in [-0.3, -0.25) is 9.59 Å². The summed E-state index contributed by atoms with van der Waals surface area (Å²) in [6, 6.07) is -1.09. The second-order valence-electron chi connectivity index (χ2n) is 4.04. The van der Waals surface area contributed by atoms with E-state index in [4.69, 9.17) is 14.6 Å². The van der Waals surface area contributed by atoms with E-state index in [1.807, 2.05) is 0 Å². The average molecular weight is 263 g/mol. The quantitative estimate of drug-likeness (QED) is 0.414. The summed E-state index contributed by atoms with van der Waals surface area (Å²) < 4.78 is 9.79. The Balaban J connectivity index is 2.89. The third kappa shape index (κ3) is 3.39. The zero-order valence-corrected chi connectivity index (χ0v) is 10.1. The standard InChI is InChI=1S/C10H17NO7/c1-4(13)11-7-9(17-5(2)14)8(15)6(3-12)18-10(7)16/h6-10,12,15-16H,3H2,1-2H3,(H,11,13)/t6-,7-,8-,9-,10?/m0/s1. The van der Waals surface area contributed by atoms with E-state index in [-0.39, 0.29) is 0 Å². The van der Waals surface area contributed by atoms with Crippen LogP contribution in [0.1, 0.15) is 13.8 Å². The van der Waals surface area contributed by atoms with Gasteiger partial charge in [0, 0.05) is 13.8 Å². The molecule has 5 atom stereocenters. The topological polar surface area (TPSA) is 125 Å². The molecule has 0 aliphatic carbocycles. The van der Waals surface area contributed by atoms with Gasteiger partial charge in [-0.15, -0.1) is 0 Å². The van der Waals surface area contributed by atoms with Crippen LogP contribution in [0.4, 0.5) is 0 Å². The summed E-state index contributed by atoms with van der Waals surface area (Å²) >= 11 is 0. The summed E-state index contributed by atoms with van der Waals surface area (Å²) in [5, 5.41) is 30.8. The summed E-state index contributed by atoms with van der Waals surface area (Å²) in [4.78, 5) is 22.0. The molecule has 18 heavy (non-hydrogen) atoms. The fourth-order valence-electron chi connectivity index (χ4n) is 1.80. The Hall–Kier alpha value is -1.22. The van der Waals surface area contributed by atoms with Gasteiger partial charge in [0.2, 0.25) is 5.91 Å². The first-order valence-corrected chi connectivity index (χ1v) is 5.43. The van der Waals surface area contributed by atoms with Crippen molar-refractivity contribution >= 4 is 11.9 Å². The lowest BCUT2D eigenvalue weighted by atomic mass is 9.96.